The molecular weight excluding hydrogens is 328 g/mol. The smallest absolute Gasteiger partial charge is 0.201 e. The van der Waals surface area contributed by atoms with Crippen LogP contribution in [0.25, 0.3) is 11.4 Å². The number of benzene rings is 1. The van der Waals surface area contributed by atoms with Gasteiger partial charge in [0, 0.05) is 18.6 Å². The average Bonchev–Trinajstić information content (AvgIpc) is 3.06. The van der Waals surface area contributed by atoms with E-state index in [1.165, 1.54) is 25.4 Å². The van der Waals surface area contributed by atoms with Crippen molar-refractivity contribution < 1.29 is 18.3 Å². The van der Waals surface area contributed by atoms with Crippen LogP contribution in [-0.4, -0.2) is 27.7 Å². The number of ether oxygens (including phenoxy) is 2. The van der Waals surface area contributed by atoms with E-state index in [1.807, 2.05) is 6.92 Å². The largest absolute Gasteiger partial charge is 0.494 e. The minimum atomic E-state index is -1.03. The molecule has 0 unspecified atom stereocenters. The van der Waals surface area contributed by atoms with Crippen molar-refractivity contribution >= 4 is 0 Å². The lowest BCUT2D eigenvalue weighted by Crippen LogP contribution is -2.20. The number of hydrogen-bond acceptors (Lipinski definition) is 4. The molecule has 3 aromatic rings. The molecule has 5 nitrogen and oxygen atoms in total. The van der Waals surface area contributed by atoms with E-state index in [4.69, 9.17) is 9.47 Å². The first-order chi connectivity index (χ1) is 12.1. The van der Waals surface area contributed by atoms with Crippen molar-refractivity contribution in [3.8, 4) is 22.9 Å². The van der Waals surface area contributed by atoms with Gasteiger partial charge in [-0.15, -0.1) is 0 Å². The highest BCUT2D eigenvalue weighted by atomic mass is 19.2. The van der Waals surface area contributed by atoms with Gasteiger partial charge in [-0.1, -0.05) is 0 Å². The normalized spacial score (nSPS) is 12.0. The Kier molecular flexibility index (Phi) is 4.92. The fourth-order valence-corrected chi connectivity index (χ4v) is 2.53. The van der Waals surface area contributed by atoms with E-state index in [1.54, 1.807) is 35.3 Å². The summed E-state index contributed by atoms with van der Waals surface area (Å²) < 4.78 is 40.6. The van der Waals surface area contributed by atoms with Crippen LogP contribution in [0.3, 0.4) is 0 Å². The lowest BCUT2D eigenvalue weighted by molar-refractivity contribution is 0.199. The zero-order valence-electron chi connectivity index (χ0n) is 13.8. The summed E-state index contributed by atoms with van der Waals surface area (Å²) in [5, 5.41) is 0. The van der Waals surface area contributed by atoms with Crippen LogP contribution < -0.4 is 9.47 Å². The van der Waals surface area contributed by atoms with E-state index in [0.29, 0.717) is 18.1 Å². The molecule has 0 saturated carbocycles. The van der Waals surface area contributed by atoms with Crippen LogP contribution in [0.5, 0.6) is 11.5 Å². The van der Waals surface area contributed by atoms with Crippen molar-refractivity contribution in [3.63, 3.8) is 0 Å². The Bertz CT molecular complexity index is 853. The van der Waals surface area contributed by atoms with Gasteiger partial charge in [0.1, 0.15) is 17.7 Å². The Morgan fingerprint density at radius 2 is 2.00 bits per heavy atom. The van der Waals surface area contributed by atoms with Crippen LogP contribution in [0.15, 0.2) is 49.1 Å². The first-order valence-electron chi connectivity index (χ1n) is 7.70. The number of halogens is 2. The predicted molar refractivity (Wildman–Crippen MR) is 88.5 cm³/mol. The molecule has 2 aromatic heterocycles. The molecule has 3 rings (SSSR count). The maximum absolute atomic E-state index is 14.3. The van der Waals surface area contributed by atoms with Gasteiger partial charge in [0.2, 0.25) is 5.82 Å². The summed E-state index contributed by atoms with van der Waals surface area (Å²) in [6.45, 7) is 2.29. The maximum Gasteiger partial charge on any atom is 0.201 e. The van der Waals surface area contributed by atoms with E-state index in [9.17, 15) is 8.78 Å². The van der Waals surface area contributed by atoms with Crippen LogP contribution in [0.1, 0.15) is 6.92 Å². The lowest BCUT2D eigenvalue weighted by atomic mass is 10.1. The van der Waals surface area contributed by atoms with Crippen LogP contribution in [-0.2, 0) is 6.54 Å². The molecule has 0 aliphatic carbocycles. The number of rotatable bonds is 6. The SMILES string of the molecule is COc1ccc(-c2nccn2C[C@@H](C)Oc2cccnc2)c(F)c1F. The molecule has 0 amide bonds. The quantitative estimate of drug-likeness (QED) is 0.683. The standard InChI is InChI=1S/C18H17F2N3O2/c1-12(25-13-4-3-7-21-10-13)11-23-9-8-22-18(23)14-5-6-15(24-2)17(20)16(14)19/h3-10,12H,11H2,1-2H3/t12-/m1/s1. The molecule has 1 aromatic carbocycles. The number of hydrogen-bond donors (Lipinski definition) is 0. The molecular formula is C18H17F2N3O2. The third kappa shape index (κ3) is 3.60. The monoisotopic (exact) mass is 345 g/mol. The van der Waals surface area contributed by atoms with Crippen LogP contribution in [0.4, 0.5) is 8.78 Å². The highest BCUT2D eigenvalue weighted by Crippen LogP contribution is 2.29. The highest BCUT2D eigenvalue weighted by Gasteiger charge is 2.19. The lowest BCUT2D eigenvalue weighted by Gasteiger charge is -2.17. The molecule has 0 N–H and O–H groups in total. The molecule has 25 heavy (non-hydrogen) atoms. The summed E-state index contributed by atoms with van der Waals surface area (Å²) in [6, 6.07) is 6.40. The predicted octanol–water partition coefficient (Wildman–Crippen LogP) is 3.70. The maximum atomic E-state index is 14.3. The molecule has 2 heterocycles. The van der Waals surface area contributed by atoms with E-state index < -0.39 is 11.6 Å². The topological polar surface area (TPSA) is 49.2 Å². The second kappa shape index (κ2) is 7.29. The third-order valence-electron chi connectivity index (χ3n) is 3.65. The van der Waals surface area contributed by atoms with Crippen molar-refractivity contribution in [2.45, 2.75) is 19.6 Å². The zero-order valence-corrected chi connectivity index (χ0v) is 13.8. The minimum absolute atomic E-state index is 0.0666. The van der Waals surface area contributed by atoms with Crippen LogP contribution >= 0.6 is 0 Å². The summed E-state index contributed by atoms with van der Waals surface area (Å²) in [5.41, 5.74) is 0.0666. The summed E-state index contributed by atoms with van der Waals surface area (Å²) in [7, 11) is 1.29. The van der Waals surface area contributed by atoms with Gasteiger partial charge >= 0.3 is 0 Å². The van der Waals surface area contributed by atoms with E-state index in [0.717, 1.165) is 0 Å². The van der Waals surface area contributed by atoms with Crippen molar-refractivity contribution in [2.75, 3.05) is 7.11 Å². The summed E-state index contributed by atoms with van der Waals surface area (Å²) in [6.07, 6.45) is 6.28. The molecule has 7 heteroatoms. The molecule has 0 saturated heterocycles. The fourth-order valence-electron chi connectivity index (χ4n) is 2.53. The second-order valence-electron chi connectivity index (χ2n) is 5.46. The Morgan fingerprint density at radius 3 is 2.72 bits per heavy atom. The number of methoxy groups -OCH3 is 1. The van der Waals surface area contributed by atoms with Crippen molar-refractivity contribution in [2.24, 2.45) is 0 Å². The summed E-state index contributed by atoms with van der Waals surface area (Å²) >= 11 is 0. The molecule has 1 atom stereocenters. The number of aromatic nitrogens is 3. The minimum Gasteiger partial charge on any atom is -0.494 e. The van der Waals surface area contributed by atoms with Gasteiger partial charge < -0.3 is 14.0 Å². The van der Waals surface area contributed by atoms with Crippen LogP contribution in [0, 0.1) is 11.6 Å². The Balaban J connectivity index is 1.82. The number of nitrogens with zero attached hydrogens (tertiary/aromatic N) is 3. The Hall–Kier alpha value is -2.96. The van der Waals surface area contributed by atoms with Gasteiger partial charge in [-0.25, -0.2) is 9.37 Å². The highest BCUT2D eigenvalue weighted by molar-refractivity contribution is 5.58. The van der Waals surface area contributed by atoms with Gasteiger partial charge in [-0.05, 0) is 31.2 Å². The fraction of sp³-hybridized carbons (Fsp3) is 0.222. The molecule has 0 radical (unpaired) electrons. The molecule has 0 fully saturated rings. The van der Waals surface area contributed by atoms with E-state index in [-0.39, 0.29) is 17.4 Å². The van der Waals surface area contributed by atoms with Crippen molar-refractivity contribution in [1.82, 2.24) is 14.5 Å². The summed E-state index contributed by atoms with van der Waals surface area (Å²) in [4.78, 5) is 8.14. The van der Waals surface area contributed by atoms with Crippen LogP contribution in [0.2, 0.25) is 0 Å². The number of pyridine rings is 1. The Morgan fingerprint density at radius 1 is 1.16 bits per heavy atom. The molecule has 0 aliphatic heterocycles. The summed E-state index contributed by atoms with van der Waals surface area (Å²) in [5.74, 6) is -1.21. The van der Waals surface area contributed by atoms with Gasteiger partial charge in [0.15, 0.2) is 11.6 Å². The first-order valence-corrected chi connectivity index (χ1v) is 7.70. The van der Waals surface area contributed by atoms with Gasteiger partial charge in [-0.3, -0.25) is 4.98 Å². The van der Waals surface area contributed by atoms with E-state index in [2.05, 4.69) is 9.97 Å². The average molecular weight is 345 g/mol. The van der Waals surface area contributed by atoms with Gasteiger partial charge in [0.25, 0.3) is 0 Å². The molecule has 0 spiro atoms. The van der Waals surface area contributed by atoms with Crippen molar-refractivity contribution in [1.29, 1.82) is 0 Å². The first kappa shape index (κ1) is 16.9. The van der Waals surface area contributed by atoms with E-state index >= 15 is 0 Å². The molecule has 0 aliphatic rings. The molecule has 130 valence electrons. The van der Waals surface area contributed by atoms with Gasteiger partial charge in [-0.2, -0.15) is 4.39 Å². The third-order valence-corrected chi connectivity index (χ3v) is 3.65. The van der Waals surface area contributed by atoms with Crippen molar-refractivity contribution in [3.05, 3.63) is 60.7 Å². The Labute approximate surface area is 143 Å². The molecule has 0 bridgehead atoms. The zero-order chi connectivity index (χ0) is 17.8. The second-order valence-corrected chi connectivity index (χ2v) is 5.46. The van der Waals surface area contributed by atoms with Gasteiger partial charge in [0.05, 0.1) is 25.4 Å². The number of imidazole rings is 1.